The number of hydrogen-bond acceptors (Lipinski definition) is 6. The largest absolute Gasteiger partial charge is 0.494 e. The SMILES string of the molecule is CO[C@@]1(COc2cccc(Cl)c2)COCCN(Cc2cccc(OCCCn3ccnc3C)c2)C1. The molecule has 4 rings (SSSR count). The first-order valence-corrected chi connectivity index (χ1v) is 12.4. The molecule has 3 aromatic rings. The molecule has 1 fully saturated rings. The fourth-order valence-corrected chi connectivity index (χ4v) is 4.40. The van der Waals surface area contributed by atoms with Crippen molar-refractivity contribution in [2.24, 2.45) is 0 Å². The summed E-state index contributed by atoms with van der Waals surface area (Å²) in [6.45, 7) is 7.35. The fourth-order valence-electron chi connectivity index (χ4n) is 4.22. The highest BCUT2D eigenvalue weighted by atomic mass is 35.5. The van der Waals surface area contributed by atoms with Crippen LogP contribution in [0.3, 0.4) is 0 Å². The number of halogens is 1. The third-order valence-electron chi connectivity index (χ3n) is 6.20. The molecule has 1 saturated heterocycles. The number of imidazole rings is 1. The van der Waals surface area contributed by atoms with Gasteiger partial charge in [-0.05, 0) is 49.2 Å². The Morgan fingerprint density at radius 2 is 1.94 bits per heavy atom. The summed E-state index contributed by atoms with van der Waals surface area (Å²) in [5, 5.41) is 0.645. The highest BCUT2D eigenvalue weighted by molar-refractivity contribution is 6.30. The Morgan fingerprint density at radius 1 is 1.11 bits per heavy atom. The smallest absolute Gasteiger partial charge is 0.137 e. The molecule has 1 atom stereocenters. The van der Waals surface area contributed by atoms with E-state index in [0.29, 0.717) is 38.0 Å². The lowest BCUT2D eigenvalue weighted by Gasteiger charge is -2.34. The number of ether oxygens (including phenoxy) is 4. The quantitative estimate of drug-likeness (QED) is 0.359. The Morgan fingerprint density at radius 3 is 2.71 bits per heavy atom. The Hall–Kier alpha value is -2.58. The lowest BCUT2D eigenvalue weighted by Crippen LogP contribution is -2.50. The molecule has 188 valence electrons. The van der Waals surface area contributed by atoms with E-state index >= 15 is 0 Å². The lowest BCUT2D eigenvalue weighted by molar-refractivity contribution is -0.0925. The predicted molar refractivity (Wildman–Crippen MR) is 136 cm³/mol. The van der Waals surface area contributed by atoms with Crippen molar-refractivity contribution in [1.82, 2.24) is 14.5 Å². The summed E-state index contributed by atoms with van der Waals surface area (Å²) in [5.41, 5.74) is 0.619. The van der Waals surface area contributed by atoms with Crippen LogP contribution < -0.4 is 9.47 Å². The minimum Gasteiger partial charge on any atom is -0.494 e. The Bertz CT molecular complexity index is 1080. The minimum absolute atomic E-state index is 0.375. The van der Waals surface area contributed by atoms with Gasteiger partial charge < -0.3 is 23.5 Å². The topological polar surface area (TPSA) is 58.0 Å². The van der Waals surface area contributed by atoms with E-state index in [2.05, 4.69) is 26.6 Å². The Labute approximate surface area is 212 Å². The molecule has 0 amide bonds. The molecule has 1 aromatic heterocycles. The molecule has 7 nitrogen and oxygen atoms in total. The molecule has 0 N–H and O–H groups in total. The average Bonchev–Trinajstić information content (AvgIpc) is 3.16. The third kappa shape index (κ3) is 7.45. The van der Waals surface area contributed by atoms with Crippen LogP contribution in [0.25, 0.3) is 0 Å². The lowest BCUT2D eigenvalue weighted by atomic mass is 10.1. The summed E-state index contributed by atoms with van der Waals surface area (Å²) >= 11 is 6.10. The zero-order chi connectivity index (χ0) is 24.5. The van der Waals surface area contributed by atoms with E-state index in [0.717, 1.165) is 43.4 Å². The maximum atomic E-state index is 6.10. The Balaban J connectivity index is 1.32. The fraction of sp³-hybridized carbons (Fsp3) is 0.444. The molecule has 0 saturated carbocycles. The van der Waals surface area contributed by atoms with E-state index < -0.39 is 5.60 Å². The summed E-state index contributed by atoms with van der Waals surface area (Å²) in [7, 11) is 1.72. The number of rotatable bonds is 11. The second-order valence-corrected chi connectivity index (χ2v) is 9.35. The predicted octanol–water partition coefficient (Wildman–Crippen LogP) is 4.61. The highest BCUT2D eigenvalue weighted by Gasteiger charge is 2.36. The zero-order valence-corrected chi connectivity index (χ0v) is 21.2. The van der Waals surface area contributed by atoms with Crippen LogP contribution in [0, 0.1) is 6.92 Å². The molecule has 1 aliphatic rings. The molecule has 0 aliphatic carbocycles. The molecule has 0 spiro atoms. The first-order chi connectivity index (χ1) is 17.0. The maximum Gasteiger partial charge on any atom is 0.137 e. The average molecular weight is 500 g/mol. The van der Waals surface area contributed by atoms with Gasteiger partial charge in [0.1, 0.15) is 29.5 Å². The molecule has 0 bridgehead atoms. The number of aromatic nitrogens is 2. The van der Waals surface area contributed by atoms with Gasteiger partial charge in [-0.25, -0.2) is 4.98 Å². The van der Waals surface area contributed by atoms with Crippen LogP contribution in [0.2, 0.25) is 5.02 Å². The molecular formula is C27H34ClN3O4. The van der Waals surface area contributed by atoms with Gasteiger partial charge in [-0.3, -0.25) is 4.90 Å². The summed E-state index contributed by atoms with van der Waals surface area (Å²) < 4.78 is 26.1. The molecule has 0 unspecified atom stereocenters. The molecule has 0 radical (unpaired) electrons. The van der Waals surface area contributed by atoms with E-state index in [9.17, 15) is 0 Å². The summed E-state index contributed by atoms with van der Waals surface area (Å²) in [6.07, 6.45) is 4.75. The number of methoxy groups -OCH3 is 1. The first kappa shape index (κ1) is 25.5. The highest BCUT2D eigenvalue weighted by Crippen LogP contribution is 2.23. The van der Waals surface area contributed by atoms with Crippen molar-refractivity contribution in [2.75, 3.05) is 46.6 Å². The van der Waals surface area contributed by atoms with Crippen LogP contribution in [0.1, 0.15) is 17.8 Å². The molecule has 2 heterocycles. The van der Waals surface area contributed by atoms with Crippen LogP contribution in [-0.2, 0) is 22.6 Å². The van der Waals surface area contributed by atoms with Gasteiger partial charge in [0.25, 0.3) is 0 Å². The minimum atomic E-state index is -0.571. The van der Waals surface area contributed by atoms with Crippen molar-refractivity contribution in [1.29, 1.82) is 0 Å². The van der Waals surface area contributed by atoms with E-state index in [4.69, 9.17) is 30.5 Å². The van der Waals surface area contributed by atoms with Crippen molar-refractivity contribution in [3.8, 4) is 11.5 Å². The maximum absolute atomic E-state index is 6.10. The third-order valence-corrected chi connectivity index (χ3v) is 6.44. The van der Waals surface area contributed by atoms with Gasteiger partial charge in [0.05, 0.1) is 19.8 Å². The van der Waals surface area contributed by atoms with Gasteiger partial charge in [0.2, 0.25) is 0 Å². The van der Waals surface area contributed by atoms with Crippen LogP contribution in [0.4, 0.5) is 0 Å². The van der Waals surface area contributed by atoms with Gasteiger partial charge in [0, 0.05) is 50.7 Å². The number of benzene rings is 2. The van der Waals surface area contributed by atoms with Crippen molar-refractivity contribution in [3.05, 3.63) is 77.3 Å². The van der Waals surface area contributed by atoms with E-state index in [-0.39, 0.29) is 0 Å². The van der Waals surface area contributed by atoms with E-state index in [1.807, 2.05) is 55.7 Å². The standard InChI is InChI=1S/C27H34ClN3O4/c1-22-29-10-12-31(22)11-5-14-34-25-8-3-6-23(16-25)18-30-13-15-33-20-27(19-30,32-2)21-35-26-9-4-7-24(28)17-26/h3-4,6-10,12,16-17H,5,11,13-15,18-21H2,1-2H3/t27-/m1/s1. The first-order valence-electron chi connectivity index (χ1n) is 12.0. The van der Waals surface area contributed by atoms with Crippen molar-refractivity contribution in [2.45, 2.75) is 32.0 Å². The molecule has 35 heavy (non-hydrogen) atoms. The number of nitrogens with zero attached hydrogens (tertiary/aromatic N) is 3. The van der Waals surface area contributed by atoms with Crippen LogP contribution in [-0.4, -0.2) is 66.7 Å². The second-order valence-electron chi connectivity index (χ2n) is 8.91. The summed E-state index contributed by atoms with van der Waals surface area (Å²) in [4.78, 5) is 6.61. The van der Waals surface area contributed by atoms with E-state index in [1.54, 1.807) is 7.11 Å². The molecule has 1 aliphatic heterocycles. The normalized spacial score (nSPS) is 18.8. The van der Waals surface area contributed by atoms with Crippen molar-refractivity contribution in [3.63, 3.8) is 0 Å². The monoisotopic (exact) mass is 499 g/mol. The Kier molecular flexibility index (Phi) is 9.04. The van der Waals surface area contributed by atoms with Gasteiger partial charge >= 0.3 is 0 Å². The summed E-state index contributed by atoms with van der Waals surface area (Å²) in [5.74, 6) is 2.63. The van der Waals surface area contributed by atoms with Gasteiger partial charge in [-0.1, -0.05) is 29.8 Å². The number of hydrogen-bond donors (Lipinski definition) is 0. The molecule has 2 aromatic carbocycles. The zero-order valence-electron chi connectivity index (χ0n) is 20.5. The van der Waals surface area contributed by atoms with Crippen LogP contribution >= 0.6 is 11.6 Å². The summed E-state index contributed by atoms with van der Waals surface area (Å²) in [6, 6.07) is 15.7. The van der Waals surface area contributed by atoms with Crippen molar-refractivity contribution >= 4 is 11.6 Å². The van der Waals surface area contributed by atoms with Crippen LogP contribution in [0.15, 0.2) is 60.9 Å². The molecular weight excluding hydrogens is 466 g/mol. The van der Waals surface area contributed by atoms with Crippen LogP contribution in [0.5, 0.6) is 11.5 Å². The van der Waals surface area contributed by atoms with Crippen molar-refractivity contribution < 1.29 is 18.9 Å². The molecule has 8 heteroatoms. The second kappa shape index (κ2) is 12.4. The van der Waals surface area contributed by atoms with Gasteiger partial charge in [-0.2, -0.15) is 0 Å². The van der Waals surface area contributed by atoms with E-state index in [1.165, 1.54) is 5.56 Å². The van der Waals surface area contributed by atoms with Gasteiger partial charge in [0.15, 0.2) is 0 Å². The van der Waals surface area contributed by atoms with Gasteiger partial charge in [-0.15, -0.1) is 0 Å². The number of aryl methyl sites for hydroxylation is 2.